The molecule has 0 saturated carbocycles. The van der Waals surface area contributed by atoms with Crippen molar-refractivity contribution in [2.24, 2.45) is 10.4 Å². The van der Waals surface area contributed by atoms with Crippen molar-refractivity contribution >= 4 is 40.7 Å². The van der Waals surface area contributed by atoms with E-state index in [9.17, 15) is 4.21 Å². The first-order chi connectivity index (χ1) is 11.9. The van der Waals surface area contributed by atoms with Gasteiger partial charge >= 0.3 is 0 Å². The molecular formula is C19H34IN3O2S. The van der Waals surface area contributed by atoms with E-state index in [-0.39, 0.29) is 35.5 Å². The molecule has 0 heterocycles. The quantitative estimate of drug-likeness (QED) is 0.314. The van der Waals surface area contributed by atoms with Gasteiger partial charge in [0.25, 0.3) is 0 Å². The molecule has 0 aliphatic heterocycles. The minimum Gasteiger partial charge on any atom is -0.379 e. The van der Waals surface area contributed by atoms with E-state index in [1.165, 1.54) is 0 Å². The molecule has 0 bridgehead atoms. The lowest BCUT2D eigenvalue weighted by Gasteiger charge is -2.28. The molecule has 1 aromatic rings. The molecule has 7 heteroatoms. The Balaban J connectivity index is 0.00000625. The summed E-state index contributed by atoms with van der Waals surface area (Å²) in [5.41, 5.74) is 1.14. The van der Waals surface area contributed by atoms with E-state index in [1.54, 1.807) is 7.11 Å². The number of nitrogens with one attached hydrogen (secondary N) is 2. The van der Waals surface area contributed by atoms with E-state index in [0.29, 0.717) is 24.6 Å². The second kappa shape index (κ2) is 13.5. The van der Waals surface area contributed by atoms with Crippen LogP contribution in [-0.4, -0.2) is 48.8 Å². The number of hydrogen-bond donors (Lipinski definition) is 2. The summed E-state index contributed by atoms with van der Waals surface area (Å²) in [4.78, 5) is 4.60. The van der Waals surface area contributed by atoms with Crippen LogP contribution in [0.3, 0.4) is 0 Å². The van der Waals surface area contributed by atoms with Gasteiger partial charge in [-0.1, -0.05) is 51.1 Å². The lowest BCUT2D eigenvalue weighted by Crippen LogP contribution is -2.40. The van der Waals surface area contributed by atoms with E-state index in [0.717, 1.165) is 18.1 Å². The number of nitrogens with zero attached hydrogens (tertiary/aromatic N) is 1. The van der Waals surface area contributed by atoms with Crippen LogP contribution in [0.2, 0.25) is 0 Å². The van der Waals surface area contributed by atoms with Crippen LogP contribution in [-0.2, 0) is 21.3 Å². The Morgan fingerprint density at radius 1 is 1.23 bits per heavy atom. The summed E-state index contributed by atoms with van der Waals surface area (Å²) < 4.78 is 17.7. The topological polar surface area (TPSA) is 62.7 Å². The molecule has 0 saturated heterocycles. The molecule has 150 valence electrons. The van der Waals surface area contributed by atoms with Crippen LogP contribution in [0.15, 0.2) is 35.3 Å². The Bertz CT molecular complexity index is 547. The summed E-state index contributed by atoms with van der Waals surface area (Å²) in [7, 11) is 0.831. The summed E-state index contributed by atoms with van der Waals surface area (Å²) >= 11 is 0. The fourth-order valence-corrected chi connectivity index (χ4v) is 3.37. The van der Waals surface area contributed by atoms with Gasteiger partial charge < -0.3 is 15.4 Å². The van der Waals surface area contributed by atoms with Gasteiger partial charge in [-0.15, -0.1) is 24.0 Å². The van der Waals surface area contributed by atoms with E-state index < -0.39 is 10.8 Å². The zero-order chi connectivity index (χ0) is 18.7. The predicted octanol–water partition coefficient (Wildman–Crippen LogP) is 3.17. The van der Waals surface area contributed by atoms with Gasteiger partial charge in [0.05, 0.1) is 12.6 Å². The summed E-state index contributed by atoms with van der Waals surface area (Å²) in [5.74, 6) is 1.92. The number of methoxy groups -OCH3 is 1. The SMILES string of the molecule is CCNC(=NCC(OC)C(C)(C)C)NCCS(=O)Cc1ccccc1.I. The highest BCUT2D eigenvalue weighted by Crippen LogP contribution is 2.21. The van der Waals surface area contributed by atoms with Gasteiger partial charge in [-0.05, 0) is 17.9 Å². The van der Waals surface area contributed by atoms with Crippen molar-refractivity contribution < 1.29 is 8.95 Å². The maximum Gasteiger partial charge on any atom is 0.191 e. The second-order valence-electron chi connectivity index (χ2n) is 7.01. The molecule has 26 heavy (non-hydrogen) atoms. The fourth-order valence-electron chi connectivity index (χ4n) is 2.33. The summed E-state index contributed by atoms with van der Waals surface area (Å²) in [6, 6.07) is 9.94. The molecule has 2 unspecified atom stereocenters. The lowest BCUT2D eigenvalue weighted by molar-refractivity contribution is 0.0241. The molecule has 1 aromatic carbocycles. The van der Waals surface area contributed by atoms with Crippen LogP contribution >= 0.6 is 24.0 Å². The normalized spacial score (nSPS) is 14.3. The van der Waals surface area contributed by atoms with Gasteiger partial charge in [0.2, 0.25) is 0 Å². The maximum atomic E-state index is 12.2. The number of hydrogen-bond acceptors (Lipinski definition) is 3. The predicted molar refractivity (Wildman–Crippen MR) is 123 cm³/mol. The minimum atomic E-state index is -0.890. The van der Waals surface area contributed by atoms with Crippen molar-refractivity contribution in [3.05, 3.63) is 35.9 Å². The Labute approximate surface area is 178 Å². The molecule has 0 spiro atoms. The molecule has 5 nitrogen and oxygen atoms in total. The molecule has 0 aliphatic rings. The van der Waals surface area contributed by atoms with Crippen molar-refractivity contribution in [2.45, 2.75) is 39.6 Å². The van der Waals surface area contributed by atoms with Crippen LogP contribution < -0.4 is 10.6 Å². The third kappa shape index (κ3) is 10.5. The molecule has 2 atom stereocenters. The van der Waals surface area contributed by atoms with Crippen molar-refractivity contribution in [1.29, 1.82) is 0 Å². The molecule has 2 N–H and O–H groups in total. The highest BCUT2D eigenvalue weighted by Gasteiger charge is 2.24. The van der Waals surface area contributed by atoms with E-state index >= 15 is 0 Å². The monoisotopic (exact) mass is 495 g/mol. The largest absolute Gasteiger partial charge is 0.379 e. The summed E-state index contributed by atoms with van der Waals surface area (Å²) in [5, 5.41) is 6.48. The molecule has 0 aliphatic carbocycles. The molecule has 0 amide bonds. The third-order valence-electron chi connectivity index (χ3n) is 3.80. The van der Waals surface area contributed by atoms with E-state index in [2.05, 4.69) is 36.4 Å². The zero-order valence-electron chi connectivity index (χ0n) is 16.6. The minimum absolute atomic E-state index is 0. The van der Waals surface area contributed by atoms with Crippen LogP contribution in [0.25, 0.3) is 0 Å². The Morgan fingerprint density at radius 3 is 2.42 bits per heavy atom. The van der Waals surface area contributed by atoms with Gasteiger partial charge in [0.1, 0.15) is 0 Å². The van der Waals surface area contributed by atoms with Crippen LogP contribution in [0.5, 0.6) is 0 Å². The van der Waals surface area contributed by atoms with Gasteiger partial charge in [-0.25, -0.2) is 0 Å². The van der Waals surface area contributed by atoms with Crippen molar-refractivity contribution in [3.8, 4) is 0 Å². The smallest absolute Gasteiger partial charge is 0.191 e. The van der Waals surface area contributed by atoms with Crippen molar-refractivity contribution in [1.82, 2.24) is 10.6 Å². The number of aliphatic imine (C=N–C) groups is 1. The van der Waals surface area contributed by atoms with E-state index in [4.69, 9.17) is 4.74 Å². The van der Waals surface area contributed by atoms with Crippen molar-refractivity contribution in [3.63, 3.8) is 0 Å². The van der Waals surface area contributed by atoms with Gasteiger partial charge in [0, 0.05) is 42.5 Å². The zero-order valence-corrected chi connectivity index (χ0v) is 19.7. The number of halogens is 1. The lowest BCUT2D eigenvalue weighted by atomic mass is 9.89. The molecule has 0 fully saturated rings. The standard InChI is InChI=1S/C19H33N3O2S.HI/c1-6-20-18(22-14-17(24-5)19(2,3)4)21-12-13-25(23)15-16-10-8-7-9-11-16;/h7-11,17H,6,12-15H2,1-5H3,(H2,20,21,22);1H. The van der Waals surface area contributed by atoms with Gasteiger partial charge in [-0.3, -0.25) is 9.20 Å². The highest BCUT2D eigenvalue weighted by atomic mass is 127. The van der Waals surface area contributed by atoms with Crippen LogP contribution in [0.4, 0.5) is 0 Å². The van der Waals surface area contributed by atoms with Gasteiger partial charge in [0.15, 0.2) is 5.96 Å². The van der Waals surface area contributed by atoms with Crippen LogP contribution in [0.1, 0.15) is 33.3 Å². The number of rotatable bonds is 9. The second-order valence-corrected chi connectivity index (χ2v) is 8.59. The number of benzene rings is 1. The first-order valence-corrected chi connectivity index (χ1v) is 10.3. The van der Waals surface area contributed by atoms with Crippen LogP contribution in [0, 0.1) is 5.41 Å². The number of guanidine groups is 1. The highest BCUT2D eigenvalue weighted by molar-refractivity contribution is 14.0. The maximum absolute atomic E-state index is 12.2. The Morgan fingerprint density at radius 2 is 1.88 bits per heavy atom. The first-order valence-electron chi connectivity index (χ1n) is 8.80. The Hall–Kier alpha value is -0.670. The van der Waals surface area contributed by atoms with Gasteiger partial charge in [-0.2, -0.15) is 0 Å². The average molecular weight is 495 g/mol. The third-order valence-corrected chi connectivity index (χ3v) is 5.12. The fraction of sp³-hybridized carbons (Fsp3) is 0.632. The molecule has 1 rings (SSSR count). The van der Waals surface area contributed by atoms with E-state index in [1.807, 2.05) is 37.3 Å². The number of ether oxygens (including phenoxy) is 1. The average Bonchev–Trinajstić information content (AvgIpc) is 2.55. The van der Waals surface area contributed by atoms with Crippen molar-refractivity contribution in [2.75, 3.05) is 32.5 Å². The first kappa shape index (κ1) is 25.3. The Kier molecular flexibility index (Phi) is 13.1. The summed E-state index contributed by atoms with van der Waals surface area (Å²) in [6.45, 7) is 10.5. The molecule has 0 aromatic heterocycles. The molecule has 0 radical (unpaired) electrons. The molecular weight excluding hydrogens is 461 g/mol. The summed E-state index contributed by atoms with van der Waals surface area (Å²) in [6.07, 6.45) is 0.0511.